The van der Waals surface area contributed by atoms with Crippen LogP contribution in [-0.2, 0) is 0 Å². The van der Waals surface area contributed by atoms with E-state index in [1.165, 1.54) is 0 Å². The molecule has 0 aliphatic heterocycles. The molecule has 9 aromatic rings. The molecule has 5 heteroatoms. The van der Waals surface area contributed by atoms with Crippen molar-refractivity contribution < 1.29 is 8.83 Å². The quantitative estimate of drug-likeness (QED) is 0.178. The van der Waals surface area contributed by atoms with Gasteiger partial charge in [0.15, 0.2) is 11.2 Å². The number of nitrogens with zero attached hydrogens (tertiary/aromatic N) is 3. The van der Waals surface area contributed by atoms with E-state index < -0.39 is 0 Å². The van der Waals surface area contributed by atoms with Crippen molar-refractivity contribution in [3.05, 3.63) is 176 Å². The first-order chi connectivity index (χ1) is 23.8. The van der Waals surface area contributed by atoms with Crippen LogP contribution in [0.4, 0.5) is 34.1 Å². The largest absolute Gasteiger partial charge is 0.454 e. The van der Waals surface area contributed by atoms with E-state index in [2.05, 4.69) is 125 Å². The van der Waals surface area contributed by atoms with E-state index in [1.807, 2.05) is 60.7 Å². The van der Waals surface area contributed by atoms with Crippen LogP contribution in [0.1, 0.15) is 0 Å². The molecule has 0 saturated carbocycles. The minimum atomic E-state index is 0.565. The van der Waals surface area contributed by atoms with Crippen molar-refractivity contribution in [3.63, 3.8) is 0 Å². The summed E-state index contributed by atoms with van der Waals surface area (Å²) in [4.78, 5) is 9.62. The van der Waals surface area contributed by atoms with Gasteiger partial charge in [-0.15, -0.1) is 0 Å². The maximum atomic E-state index is 6.63. The molecule has 0 fully saturated rings. The molecular formula is C43H29N3O2. The Morgan fingerprint density at radius 1 is 0.396 bits per heavy atom. The van der Waals surface area contributed by atoms with E-state index in [1.54, 1.807) is 0 Å². The summed E-state index contributed by atoms with van der Waals surface area (Å²) in [6.45, 7) is 0. The van der Waals surface area contributed by atoms with E-state index >= 15 is 0 Å². The summed E-state index contributed by atoms with van der Waals surface area (Å²) in [7, 11) is 0. The Bertz CT molecular complexity index is 2470. The van der Waals surface area contributed by atoms with Crippen LogP contribution >= 0.6 is 0 Å². The van der Waals surface area contributed by atoms with Gasteiger partial charge in [0.1, 0.15) is 11.1 Å². The summed E-state index contributed by atoms with van der Waals surface area (Å²) >= 11 is 0. The Hall–Kier alpha value is -6.59. The zero-order valence-electron chi connectivity index (χ0n) is 25.9. The fourth-order valence-electron chi connectivity index (χ4n) is 6.50. The highest BCUT2D eigenvalue weighted by atomic mass is 16.3. The van der Waals surface area contributed by atoms with Gasteiger partial charge < -0.3 is 18.6 Å². The van der Waals surface area contributed by atoms with Crippen LogP contribution in [0.25, 0.3) is 44.5 Å². The van der Waals surface area contributed by atoms with Crippen LogP contribution in [0.15, 0.2) is 185 Å². The number of benzene rings is 7. The van der Waals surface area contributed by atoms with Gasteiger partial charge in [-0.2, -0.15) is 0 Å². The molecule has 228 valence electrons. The van der Waals surface area contributed by atoms with Crippen LogP contribution in [0, 0.1) is 0 Å². The number of aromatic nitrogens is 1. The number of anilines is 6. The Labute approximate surface area is 277 Å². The Balaban J connectivity index is 1.35. The number of hydrogen-bond acceptors (Lipinski definition) is 5. The molecule has 2 aromatic heterocycles. The molecule has 5 nitrogen and oxygen atoms in total. The molecule has 7 aromatic carbocycles. The molecule has 0 saturated heterocycles. The second kappa shape index (κ2) is 11.6. The molecule has 0 N–H and O–H groups in total. The fourth-order valence-corrected chi connectivity index (χ4v) is 6.50. The number of fused-ring (bicyclic) bond motifs is 4. The summed E-state index contributed by atoms with van der Waals surface area (Å²) in [6, 6.07) is 60.0. The zero-order chi connectivity index (χ0) is 31.9. The fraction of sp³-hybridized carbons (Fsp3) is 0. The zero-order valence-corrected chi connectivity index (χ0v) is 25.9. The minimum Gasteiger partial charge on any atom is -0.454 e. The lowest BCUT2D eigenvalue weighted by Crippen LogP contribution is -2.14. The van der Waals surface area contributed by atoms with Gasteiger partial charge in [0.05, 0.1) is 17.1 Å². The second-order valence-corrected chi connectivity index (χ2v) is 11.6. The maximum Gasteiger partial charge on any atom is 0.227 e. The monoisotopic (exact) mass is 619 g/mol. The van der Waals surface area contributed by atoms with Crippen molar-refractivity contribution in [1.82, 2.24) is 4.98 Å². The van der Waals surface area contributed by atoms with Crippen molar-refractivity contribution in [3.8, 4) is 11.5 Å². The molecule has 0 atom stereocenters. The van der Waals surface area contributed by atoms with Crippen LogP contribution in [0.5, 0.6) is 0 Å². The first-order valence-electron chi connectivity index (χ1n) is 16.0. The number of oxazole rings is 1. The number of furan rings is 1. The van der Waals surface area contributed by atoms with Gasteiger partial charge in [-0.25, -0.2) is 4.98 Å². The molecule has 2 heterocycles. The standard InChI is InChI=1S/C43H29N3O2/c1-5-16-30(17-6-1)43-44-41-38(45(31-18-7-2-8-19-31)32-20-9-3-10-21-32)28-34(29-40(41)48-43)46(33-22-11-4-12-23-33)37-26-15-25-36-35-24-13-14-27-39(35)47-42(36)37/h1-29H. The summed E-state index contributed by atoms with van der Waals surface area (Å²) in [5.41, 5.74) is 9.76. The first kappa shape index (κ1) is 27.7. The Morgan fingerprint density at radius 3 is 1.58 bits per heavy atom. The van der Waals surface area contributed by atoms with Gasteiger partial charge >= 0.3 is 0 Å². The maximum absolute atomic E-state index is 6.63. The van der Waals surface area contributed by atoms with Crippen molar-refractivity contribution >= 4 is 67.2 Å². The topological polar surface area (TPSA) is 45.7 Å². The highest BCUT2D eigenvalue weighted by molar-refractivity contribution is 6.10. The third kappa shape index (κ3) is 4.77. The van der Waals surface area contributed by atoms with Crippen LogP contribution in [-0.4, -0.2) is 4.98 Å². The first-order valence-corrected chi connectivity index (χ1v) is 16.0. The highest BCUT2D eigenvalue weighted by Crippen LogP contribution is 2.47. The lowest BCUT2D eigenvalue weighted by atomic mass is 10.1. The SMILES string of the molecule is c1ccc(-c2nc3c(N(c4ccccc4)c4ccccc4)cc(N(c4ccccc4)c4cccc5c4oc4ccccc45)cc3o2)cc1. The third-order valence-electron chi connectivity index (χ3n) is 8.65. The summed E-state index contributed by atoms with van der Waals surface area (Å²) in [5.74, 6) is 0.565. The summed E-state index contributed by atoms with van der Waals surface area (Å²) in [5, 5.41) is 2.15. The van der Waals surface area contributed by atoms with Gasteiger partial charge in [-0.3, -0.25) is 0 Å². The molecule has 0 radical (unpaired) electrons. The molecule has 0 bridgehead atoms. The van der Waals surface area contributed by atoms with Gasteiger partial charge in [0.25, 0.3) is 0 Å². The molecule has 0 unspecified atom stereocenters. The lowest BCUT2D eigenvalue weighted by molar-refractivity contribution is 0.620. The van der Waals surface area contributed by atoms with Gasteiger partial charge in [-0.05, 0) is 66.7 Å². The van der Waals surface area contributed by atoms with Crippen molar-refractivity contribution in [2.45, 2.75) is 0 Å². The second-order valence-electron chi connectivity index (χ2n) is 11.6. The van der Waals surface area contributed by atoms with Crippen molar-refractivity contribution in [2.24, 2.45) is 0 Å². The van der Waals surface area contributed by atoms with Gasteiger partial charge in [0.2, 0.25) is 5.89 Å². The predicted octanol–water partition coefficient (Wildman–Crippen LogP) is 12.3. The highest BCUT2D eigenvalue weighted by Gasteiger charge is 2.25. The normalized spacial score (nSPS) is 11.3. The number of rotatable bonds is 7. The molecule has 0 amide bonds. The van der Waals surface area contributed by atoms with Crippen LogP contribution in [0.3, 0.4) is 0 Å². The van der Waals surface area contributed by atoms with Crippen LogP contribution in [0.2, 0.25) is 0 Å². The molecule has 0 aliphatic carbocycles. The lowest BCUT2D eigenvalue weighted by Gasteiger charge is -2.29. The molecular weight excluding hydrogens is 590 g/mol. The van der Waals surface area contributed by atoms with E-state index in [9.17, 15) is 0 Å². The van der Waals surface area contributed by atoms with Crippen molar-refractivity contribution in [2.75, 3.05) is 9.80 Å². The van der Waals surface area contributed by atoms with Crippen LogP contribution < -0.4 is 9.80 Å². The predicted molar refractivity (Wildman–Crippen MR) is 196 cm³/mol. The van der Waals surface area contributed by atoms with Crippen molar-refractivity contribution in [1.29, 1.82) is 0 Å². The molecule has 0 spiro atoms. The summed E-state index contributed by atoms with van der Waals surface area (Å²) in [6.07, 6.45) is 0. The average Bonchev–Trinajstić information content (AvgIpc) is 3.76. The molecule has 0 aliphatic rings. The molecule has 9 rings (SSSR count). The molecule has 48 heavy (non-hydrogen) atoms. The summed E-state index contributed by atoms with van der Waals surface area (Å²) < 4.78 is 13.2. The number of para-hydroxylation sites is 5. The van der Waals surface area contributed by atoms with Gasteiger partial charge in [-0.1, -0.05) is 103 Å². The minimum absolute atomic E-state index is 0.565. The van der Waals surface area contributed by atoms with Gasteiger partial charge in [0, 0.05) is 39.5 Å². The van der Waals surface area contributed by atoms with E-state index in [4.69, 9.17) is 13.8 Å². The van der Waals surface area contributed by atoms with E-state index in [0.29, 0.717) is 11.5 Å². The average molecular weight is 620 g/mol. The van der Waals surface area contributed by atoms with E-state index in [0.717, 1.165) is 67.1 Å². The number of hydrogen-bond donors (Lipinski definition) is 0. The van der Waals surface area contributed by atoms with E-state index in [-0.39, 0.29) is 0 Å². The Kier molecular flexibility index (Phi) is 6.72. The third-order valence-corrected chi connectivity index (χ3v) is 8.65. The smallest absolute Gasteiger partial charge is 0.227 e. The Morgan fingerprint density at radius 2 is 0.938 bits per heavy atom.